The van der Waals surface area contributed by atoms with Crippen molar-refractivity contribution >= 4 is 145 Å². The molecule has 0 saturated carbocycles. The van der Waals surface area contributed by atoms with Crippen LogP contribution in [0.5, 0.6) is 0 Å². The van der Waals surface area contributed by atoms with E-state index in [1.54, 1.807) is 0 Å². The zero-order chi connectivity index (χ0) is 51.2. The van der Waals surface area contributed by atoms with Crippen molar-refractivity contribution in [1.29, 1.82) is 0 Å². The van der Waals surface area contributed by atoms with Gasteiger partial charge in [0.2, 0.25) is 13.4 Å². The molecule has 6 heteroatoms. The monoisotopic (exact) mass is 1100 g/mol. The number of hydrogen-bond donors (Lipinski definition) is 0. The Morgan fingerprint density at radius 2 is 0.684 bits per heavy atom. The van der Waals surface area contributed by atoms with E-state index in [2.05, 4.69) is 265 Å². The maximum absolute atomic E-state index is 4.15. The highest BCUT2D eigenvalue weighted by molar-refractivity contribution is 9.10. The lowest BCUT2D eigenvalue weighted by molar-refractivity contribution is 1.29. The Balaban J connectivity index is 1.15. The van der Waals surface area contributed by atoms with Gasteiger partial charge < -0.3 is 9.80 Å². The van der Waals surface area contributed by atoms with Gasteiger partial charge in [0.1, 0.15) is 0 Å². The number of aryl methyl sites for hydroxylation is 6. The van der Waals surface area contributed by atoms with Gasteiger partial charge in [0, 0.05) is 43.1 Å². The van der Waals surface area contributed by atoms with Crippen LogP contribution in [0, 0.1) is 41.5 Å². The van der Waals surface area contributed by atoms with Crippen LogP contribution < -0.4 is 42.6 Å². The van der Waals surface area contributed by atoms with Gasteiger partial charge in [0.25, 0.3) is 0 Å². The Kier molecular flexibility index (Phi) is 9.37. The molecule has 0 bridgehead atoms. The molecule has 0 fully saturated rings. The summed E-state index contributed by atoms with van der Waals surface area (Å²) in [5.74, 6) is 0. The first-order valence-electron chi connectivity index (χ1n) is 26.6. The Labute approximate surface area is 461 Å². The minimum absolute atomic E-state index is 0.0180. The lowest BCUT2D eigenvalue weighted by Gasteiger charge is -2.42. The molecule has 358 valence electrons. The molecule has 0 N–H and O–H groups in total. The second-order valence-corrected chi connectivity index (χ2v) is 23.9. The summed E-state index contributed by atoms with van der Waals surface area (Å²) in [6.07, 6.45) is 0. The summed E-state index contributed by atoms with van der Waals surface area (Å²) in [5.41, 5.74) is 33.5. The number of rotatable bonds is 4. The van der Waals surface area contributed by atoms with Crippen LogP contribution in [-0.4, -0.2) is 13.4 Å². The molecule has 0 aliphatic carbocycles. The number of hydrogen-bond acceptors (Lipinski definition) is 2. The van der Waals surface area contributed by atoms with Crippen LogP contribution in [0.4, 0.5) is 34.1 Å². The average Bonchev–Trinajstić information content (AvgIpc) is 3.23. The Hall–Kier alpha value is -7.63. The van der Waals surface area contributed by atoms with Crippen molar-refractivity contribution in [3.8, 4) is 44.5 Å². The van der Waals surface area contributed by atoms with Crippen molar-refractivity contribution in [2.24, 2.45) is 0 Å². The average molecular weight is 1100 g/mol. The highest BCUT2D eigenvalue weighted by Gasteiger charge is 2.46. The maximum atomic E-state index is 4.15. The summed E-state index contributed by atoms with van der Waals surface area (Å²) in [7, 11) is 0. The van der Waals surface area contributed by atoms with Crippen molar-refractivity contribution in [1.82, 2.24) is 0 Å². The van der Waals surface area contributed by atoms with Gasteiger partial charge in [-0.3, -0.25) is 0 Å². The zero-order valence-corrected chi connectivity index (χ0v) is 46.3. The van der Waals surface area contributed by atoms with Crippen LogP contribution in [0.3, 0.4) is 0 Å². The maximum Gasteiger partial charge on any atom is 0.248 e. The number of nitrogens with zero attached hydrogens (tertiary/aromatic N) is 2. The number of para-hydroxylation sites is 4. The zero-order valence-electron chi connectivity index (χ0n) is 43.1. The van der Waals surface area contributed by atoms with E-state index in [0.717, 1.165) is 20.3 Å². The van der Waals surface area contributed by atoms with Gasteiger partial charge in [0.05, 0.1) is 0 Å². The molecule has 0 amide bonds. The molecule has 16 rings (SSSR count). The smallest absolute Gasteiger partial charge is 0.248 e. The van der Waals surface area contributed by atoms with Crippen molar-refractivity contribution in [2.45, 2.75) is 41.5 Å². The summed E-state index contributed by atoms with van der Waals surface area (Å²) in [6, 6.07) is 70.0. The third kappa shape index (κ3) is 5.95. The number of anilines is 6. The second-order valence-electron chi connectivity index (χ2n) is 22.1. The van der Waals surface area contributed by atoms with E-state index in [0.29, 0.717) is 0 Å². The Morgan fingerprint density at radius 1 is 0.316 bits per heavy atom. The van der Waals surface area contributed by atoms with Crippen LogP contribution in [0.1, 0.15) is 33.4 Å². The molecule has 0 radical (unpaired) electrons. The van der Waals surface area contributed by atoms with Gasteiger partial charge in [0.15, 0.2) is 0 Å². The van der Waals surface area contributed by atoms with Crippen LogP contribution in [0.2, 0.25) is 0 Å². The highest BCUT2D eigenvalue weighted by Crippen LogP contribution is 2.54. The molecular formula is C70H48B2Br2N2. The quantitative estimate of drug-likeness (QED) is 0.128. The van der Waals surface area contributed by atoms with E-state index in [1.807, 2.05) is 0 Å². The molecule has 4 heterocycles. The van der Waals surface area contributed by atoms with Crippen molar-refractivity contribution in [2.75, 3.05) is 9.80 Å². The van der Waals surface area contributed by atoms with Gasteiger partial charge in [-0.15, -0.1) is 0 Å². The molecule has 0 atom stereocenters. The van der Waals surface area contributed by atoms with Gasteiger partial charge in [-0.25, -0.2) is 0 Å². The minimum atomic E-state index is -0.0180. The van der Waals surface area contributed by atoms with Crippen LogP contribution >= 0.6 is 31.9 Å². The van der Waals surface area contributed by atoms with E-state index in [4.69, 9.17) is 0 Å². The summed E-state index contributed by atoms with van der Waals surface area (Å²) < 4.78 is 2.15. The molecule has 76 heavy (non-hydrogen) atoms. The second kappa shape index (κ2) is 16.0. The first-order valence-corrected chi connectivity index (χ1v) is 28.2. The molecule has 4 aliphatic heterocycles. The van der Waals surface area contributed by atoms with E-state index in [9.17, 15) is 0 Å². The first kappa shape index (κ1) is 44.6. The predicted molar refractivity (Wildman–Crippen MR) is 334 cm³/mol. The largest absolute Gasteiger partial charge is 0.311 e. The first-order chi connectivity index (χ1) is 37.0. The van der Waals surface area contributed by atoms with Crippen molar-refractivity contribution in [3.63, 3.8) is 0 Å². The van der Waals surface area contributed by atoms with Gasteiger partial charge in [-0.2, -0.15) is 0 Å². The van der Waals surface area contributed by atoms with Crippen molar-refractivity contribution in [3.05, 3.63) is 224 Å². The number of fused-ring (bicyclic) bond motifs is 8. The van der Waals surface area contributed by atoms with Crippen LogP contribution in [-0.2, 0) is 0 Å². The highest BCUT2D eigenvalue weighted by atomic mass is 79.9. The predicted octanol–water partition coefficient (Wildman–Crippen LogP) is 15.9. The van der Waals surface area contributed by atoms with E-state index in [-0.39, 0.29) is 13.4 Å². The minimum Gasteiger partial charge on any atom is -0.311 e. The van der Waals surface area contributed by atoms with E-state index in [1.165, 1.54) is 166 Å². The summed E-state index contributed by atoms with van der Waals surface area (Å²) in [5, 5.41) is 8.11. The number of halogens is 2. The molecule has 0 spiro atoms. The van der Waals surface area contributed by atoms with E-state index < -0.39 is 0 Å². The summed E-state index contributed by atoms with van der Waals surface area (Å²) in [4.78, 5) is 5.01. The van der Waals surface area contributed by atoms with Gasteiger partial charge in [-0.05, 0) is 235 Å². The van der Waals surface area contributed by atoms with E-state index >= 15 is 0 Å². The van der Waals surface area contributed by atoms with Crippen LogP contribution in [0.15, 0.2) is 191 Å². The number of benzene rings is 12. The molecule has 4 aliphatic rings. The molecular weight excluding hydrogens is 1050 g/mol. The molecule has 12 aromatic rings. The normalized spacial score (nSPS) is 13.4. The molecule has 0 aromatic heterocycles. The third-order valence-electron chi connectivity index (χ3n) is 17.6. The molecule has 0 saturated heterocycles. The molecule has 12 aromatic carbocycles. The standard InChI is InChI=1S/C70H48B2Br2N2/c1-37-25-39(3)63(40(4)26-37)47-33-49-53-29-43(73)31-61-69(53)72(56-22-14-16-24-60(56)75(61)45-17-9-7-10-18-45)58-36-52-48(64-41(5)27-38(2)28-42(64)6)34-50-54-30-44(74)32-62-70(54)71(57-35-51(47)67(65(49)58)68(52)66(50)57)55-21-13-15-23-59(55)76(62)46-19-11-8-12-20-46/h7-36H,1-6H3. The third-order valence-corrected chi connectivity index (χ3v) is 18.5. The van der Waals surface area contributed by atoms with Gasteiger partial charge >= 0.3 is 0 Å². The molecule has 2 nitrogen and oxygen atoms in total. The Morgan fingerprint density at radius 3 is 1.08 bits per heavy atom. The van der Waals surface area contributed by atoms with Crippen LogP contribution in [0.25, 0.3) is 76.8 Å². The summed E-state index contributed by atoms with van der Waals surface area (Å²) >= 11 is 8.30. The SMILES string of the molecule is Cc1cc(C)c(-c2cc3c4c(cc5c(-c6c(C)cc(C)cc6C)cc6c7c(cc2c4c57)B2c4ccccc4N(c4ccccc4)c4cc(Br)cc-6c42)B2c4ccccc4N(c4ccccc4)c4cc(Br)cc-3c42)c(C)c1. The fourth-order valence-corrected chi connectivity index (χ4v) is 16.1. The Bertz CT molecular complexity index is 4240. The topological polar surface area (TPSA) is 6.48 Å². The van der Waals surface area contributed by atoms with Crippen molar-refractivity contribution < 1.29 is 0 Å². The van der Waals surface area contributed by atoms with Gasteiger partial charge in [-0.1, -0.05) is 163 Å². The fourth-order valence-electron chi connectivity index (χ4n) is 15.2. The lowest BCUT2D eigenvalue weighted by Crippen LogP contribution is -2.60. The lowest BCUT2D eigenvalue weighted by atomic mass is 9.31. The fraction of sp³-hybridized carbons (Fsp3) is 0.0857. The summed E-state index contributed by atoms with van der Waals surface area (Å²) in [6.45, 7) is 13.8. The molecule has 0 unspecified atom stereocenters.